The highest BCUT2D eigenvalue weighted by Gasteiger charge is 2.03. The van der Waals surface area contributed by atoms with Gasteiger partial charge in [0.1, 0.15) is 11.6 Å². The molecule has 0 aliphatic carbocycles. The van der Waals surface area contributed by atoms with E-state index >= 15 is 0 Å². The Morgan fingerprint density at radius 3 is 2.72 bits per heavy atom. The summed E-state index contributed by atoms with van der Waals surface area (Å²) in [6.45, 7) is 2.71. The van der Waals surface area contributed by atoms with Gasteiger partial charge in [-0.25, -0.2) is 8.78 Å². The maximum atomic E-state index is 13.3. The molecule has 0 amide bonds. The first kappa shape index (κ1) is 12.6. The second kappa shape index (κ2) is 5.69. The largest absolute Gasteiger partial charge is 0.307 e. The molecule has 0 saturated carbocycles. The maximum Gasteiger partial charge on any atom is 0.127 e. The fourth-order valence-electron chi connectivity index (χ4n) is 1.70. The van der Waals surface area contributed by atoms with E-state index in [1.165, 1.54) is 6.07 Å². The van der Waals surface area contributed by atoms with Crippen molar-refractivity contribution < 1.29 is 8.78 Å². The summed E-state index contributed by atoms with van der Waals surface area (Å²) >= 11 is 0. The van der Waals surface area contributed by atoms with Crippen LogP contribution in [0.3, 0.4) is 0 Å². The number of hydrogen-bond donors (Lipinski definition) is 1. The first-order valence-electron chi connectivity index (χ1n) is 5.72. The van der Waals surface area contributed by atoms with Gasteiger partial charge in [-0.2, -0.15) is 0 Å². The molecule has 1 aromatic carbocycles. The summed E-state index contributed by atoms with van der Waals surface area (Å²) in [4.78, 5) is 4.31. The van der Waals surface area contributed by atoms with Gasteiger partial charge in [0.15, 0.2) is 0 Å². The Labute approximate surface area is 105 Å². The van der Waals surface area contributed by atoms with E-state index in [1.54, 1.807) is 0 Å². The fraction of sp³-hybridized carbons (Fsp3) is 0.214. The molecular weight excluding hydrogens is 234 g/mol. The van der Waals surface area contributed by atoms with Crippen molar-refractivity contribution in [2.24, 2.45) is 0 Å². The van der Waals surface area contributed by atoms with Gasteiger partial charge in [0.2, 0.25) is 0 Å². The van der Waals surface area contributed by atoms with Gasteiger partial charge in [0.25, 0.3) is 0 Å². The molecule has 0 radical (unpaired) electrons. The molecule has 94 valence electrons. The van der Waals surface area contributed by atoms with Crippen LogP contribution in [-0.4, -0.2) is 4.98 Å². The Morgan fingerprint density at radius 2 is 1.94 bits per heavy atom. The number of aryl methyl sites for hydroxylation is 1. The van der Waals surface area contributed by atoms with Gasteiger partial charge in [-0.05, 0) is 37.3 Å². The highest BCUT2D eigenvalue weighted by Crippen LogP contribution is 2.09. The van der Waals surface area contributed by atoms with E-state index in [4.69, 9.17) is 0 Å². The predicted octanol–water partition coefficient (Wildman–Crippen LogP) is 2.96. The molecule has 0 saturated heterocycles. The quantitative estimate of drug-likeness (QED) is 0.899. The number of nitrogens with zero attached hydrogens (tertiary/aromatic N) is 1. The molecule has 18 heavy (non-hydrogen) atoms. The minimum absolute atomic E-state index is 0.277. The molecule has 0 unspecified atom stereocenters. The van der Waals surface area contributed by atoms with E-state index < -0.39 is 11.6 Å². The lowest BCUT2D eigenvalue weighted by atomic mass is 10.2. The second-order valence-electron chi connectivity index (χ2n) is 4.11. The van der Waals surface area contributed by atoms with E-state index in [1.807, 2.05) is 25.1 Å². The molecule has 0 aliphatic heterocycles. The number of nitrogens with one attached hydrogen (secondary N) is 1. The Bertz CT molecular complexity index is 541. The third kappa shape index (κ3) is 3.34. The van der Waals surface area contributed by atoms with Crippen molar-refractivity contribution >= 4 is 0 Å². The Hall–Kier alpha value is -1.81. The lowest BCUT2D eigenvalue weighted by molar-refractivity contribution is 0.567. The van der Waals surface area contributed by atoms with Crippen molar-refractivity contribution in [3.8, 4) is 0 Å². The van der Waals surface area contributed by atoms with Gasteiger partial charge in [-0.3, -0.25) is 4.98 Å². The Morgan fingerprint density at radius 1 is 1.11 bits per heavy atom. The highest BCUT2D eigenvalue weighted by molar-refractivity contribution is 5.18. The summed E-state index contributed by atoms with van der Waals surface area (Å²) in [5.74, 6) is -0.831. The van der Waals surface area contributed by atoms with Crippen LogP contribution in [0.2, 0.25) is 0 Å². The molecule has 0 atom stereocenters. The zero-order valence-corrected chi connectivity index (χ0v) is 10.1. The fourth-order valence-corrected chi connectivity index (χ4v) is 1.70. The number of aromatic nitrogens is 1. The van der Waals surface area contributed by atoms with Crippen LogP contribution in [0.25, 0.3) is 0 Å². The lowest BCUT2D eigenvalue weighted by Crippen LogP contribution is -2.15. The molecule has 2 rings (SSSR count). The average Bonchev–Trinajstić information content (AvgIpc) is 2.34. The van der Waals surface area contributed by atoms with Crippen LogP contribution in [0.5, 0.6) is 0 Å². The normalized spacial score (nSPS) is 10.6. The molecule has 2 nitrogen and oxygen atoms in total. The monoisotopic (exact) mass is 248 g/mol. The minimum atomic E-state index is -0.429. The highest BCUT2D eigenvalue weighted by atomic mass is 19.1. The van der Waals surface area contributed by atoms with Gasteiger partial charge >= 0.3 is 0 Å². The predicted molar refractivity (Wildman–Crippen MR) is 65.9 cm³/mol. The third-order valence-electron chi connectivity index (χ3n) is 2.58. The van der Waals surface area contributed by atoms with E-state index in [0.29, 0.717) is 12.1 Å². The van der Waals surface area contributed by atoms with E-state index in [2.05, 4.69) is 10.3 Å². The molecule has 4 heteroatoms. The van der Waals surface area contributed by atoms with Gasteiger partial charge in [0, 0.05) is 24.3 Å². The topological polar surface area (TPSA) is 24.9 Å². The van der Waals surface area contributed by atoms with Crippen molar-refractivity contribution in [1.82, 2.24) is 10.3 Å². The zero-order chi connectivity index (χ0) is 13.0. The summed E-state index contributed by atoms with van der Waals surface area (Å²) in [6, 6.07) is 9.17. The number of pyridine rings is 1. The summed E-state index contributed by atoms with van der Waals surface area (Å²) in [6.07, 6.45) is 0. The van der Waals surface area contributed by atoms with Crippen molar-refractivity contribution in [1.29, 1.82) is 0 Å². The average molecular weight is 248 g/mol. The van der Waals surface area contributed by atoms with Crippen molar-refractivity contribution in [3.63, 3.8) is 0 Å². The smallest absolute Gasteiger partial charge is 0.127 e. The van der Waals surface area contributed by atoms with E-state index in [-0.39, 0.29) is 6.54 Å². The van der Waals surface area contributed by atoms with Gasteiger partial charge in [-0.15, -0.1) is 0 Å². The number of hydrogen-bond acceptors (Lipinski definition) is 2. The zero-order valence-electron chi connectivity index (χ0n) is 10.1. The Balaban J connectivity index is 1.94. The number of halogens is 2. The first-order chi connectivity index (χ1) is 8.65. The second-order valence-corrected chi connectivity index (χ2v) is 4.11. The molecule has 0 fully saturated rings. The first-order valence-corrected chi connectivity index (χ1v) is 5.72. The summed E-state index contributed by atoms with van der Waals surface area (Å²) in [5.41, 5.74) is 2.14. The van der Waals surface area contributed by atoms with Crippen LogP contribution in [0.15, 0.2) is 36.4 Å². The molecule has 0 bridgehead atoms. The number of benzene rings is 1. The van der Waals surface area contributed by atoms with E-state index in [9.17, 15) is 8.78 Å². The standard InChI is InChI=1S/C14H14F2N2/c1-10-3-2-4-13(18-10)9-17-8-11-7-12(15)5-6-14(11)16/h2-7,17H,8-9H2,1H3. The number of rotatable bonds is 4. The van der Waals surface area contributed by atoms with Crippen LogP contribution < -0.4 is 5.32 Å². The molecule has 1 aromatic heterocycles. The van der Waals surface area contributed by atoms with Gasteiger partial charge in [-0.1, -0.05) is 6.07 Å². The Kier molecular flexibility index (Phi) is 3.99. The van der Waals surface area contributed by atoms with E-state index in [0.717, 1.165) is 23.5 Å². The molecule has 0 aliphatic rings. The van der Waals surface area contributed by atoms with Crippen molar-refractivity contribution in [2.75, 3.05) is 0 Å². The van der Waals surface area contributed by atoms with Crippen LogP contribution in [0.1, 0.15) is 17.0 Å². The molecule has 1 N–H and O–H groups in total. The summed E-state index contributed by atoms with van der Waals surface area (Å²) < 4.78 is 26.3. The molecule has 0 spiro atoms. The molecule has 1 heterocycles. The SMILES string of the molecule is Cc1cccc(CNCc2cc(F)ccc2F)n1. The minimum Gasteiger partial charge on any atom is -0.307 e. The molecule has 2 aromatic rings. The molecular formula is C14H14F2N2. The van der Waals surface area contributed by atoms with Crippen molar-refractivity contribution in [2.45, 2.75) is 20.0 Å². The van der Waals surface area contributed by atoms with Crippen LogP contribution in [-0.2, 0) is 13.1 Å². The summed E-state index contributed by atoms with van der Waals surface area (Å²) in [5, 5.41) is 3.04. The van der Waals surface area contributed by atoms with Crippen molar-refractivity contribution in [3.05, 3.63) is 65.0 Å². The van der Waals surface area contributed by atoms with Crippen LogP contribution >= 0.6 is 0 Å². The van der Waals surface area contributed by atoms with Gasteiger partial charge in [0.05, 0.1) is 5.69 Å². The lowest BCUT2D eigenvalue weighted by Gasteiger charge is -2.06. The maximum absolute atomic E-state index is 13.3. The van der Waals surface area contributed by atoms with Crippen LogP contribution in [0.4, 0.5) is 8.78 Å². The van der Waals surface area contributed by atoms with Crippen LogP contribution in [0, 0.1) is 18.6 Å². The van der Waals surface area contributed by atoms with Gasteiger partial charge < -0.3 is 5.32 Å². The summed E-state index contributed by atoms with van der Waals surface area (Å²) in [7, 11) is 0. The third-order valence-corrected chi connectivity index (χ3v) is 2.58.